The summed E-state index contributed by atoms with van der Waals surface area (Å²) < 4.78 is 34.4. The number of hydrogen-bond acceptors (Lipinski definition) is 14. The third kappa shape index (κ3) is 7.21. The molecule has 4 bridgehead atoms. The largest absolute Gasteiger partial charge is 0.507 e. The van der Waals surface area contributed by atoms with Gasteiger partial charge in [0.05, 0.1) is 33.5 Å². The summed E-state index contributed by atoms with van der Waals surface area (Å²) >= 11 is 0. The van der Waals surface area contributed by atoms with Gasteiger partial charge in [-0.15, -0.1) is 0 Å². The van der Waals surface area contributed by atoms with Gasteiger partial charge in [-0.3, -0.25) is 0 Å². The lowest BCUT2D eigenvalue weighted by Gasteiger charge is -2.41. The number of aliphatic hydroxyl groups excluding tert-OH is 7. The second-order valence-corrected chi connectivity index (χ2v) is 12.0. The van der Waals surface area contributed by atoms with Gasteiger partial charge in [-0.25, -0.2) is 0 Å². The molecule has 2 aromatic carbocycles. The van der Waals surface area contributed by atoms with Crippen LogP contribution in [0.2, 0.25) is 0 Å². The fourth-order valence-corrected chi connectivity index (χ4v) is 6.09. The maximum absolute atomic E-state index is 10.9. The number of hydrogen-bond donors (Lipinski definition) is 8. The number of phenolic OH excluding ortho intramolecular Hbond substituents is 1. The molecule has 0 aromatic heterocycles. The van der Waals surface area contributed by atoms with Gasteiger partial charge in [0.2, 0.25) is 12.0 Å². The van der Waals surface area contributed by atoms with Gasteiger partial charge in [0.1, 0.15) is 48.5 Å². The van der Waals surface area contributed by atoms with Crippen LogP contribution in [-0.2, 0) is 27.1 Å². The average Bonchev–Trinajstić information content (AvgIpc) is 3.06. The Bertz CT molecular complexity index is 1320. The maximum atomic E-state index is 10.9. The number of rotatable bonds is 7. The molecule has 2 saturated heterocycles. The Morgan fingerprint density at radius 3 is 2.22 bits per heavy atom. The van der Waals surface area contributed by atoms with Gasteiger partial charge < -0.3 is 69.3 Å². The molecule has 256 valence electrons. The first-order valence-electron chi connectivity index (χ1n) is 15.5. The molecule has 2 heterocycles. The highest BCUT2D eigenvalue weighted by molar-refractivity contribution is 5.81. The van der Waals surface area contributed by atoms with Crippen LogP contribution in [0.5, 0.6) is 23.0 Å². The second kappa shape index (κ2) is 15.0. The lowest BCUT2D eigenvalue weighted by molar-refractivity contribution is -0.307. The van der Waals surface area contributed by atoms with E-state index in [1.807, 2.05) is 12.1 Å². The van der Waals surface area contributed by atoms with Crippen LogP contribution in [-0.4, -0.2) is 130 Å². The second-order valence-electron chi connectivity index (χ2n) is 12.0. The number of aliphatic hydroxyl groups is 7. The Labute approximate surface area is 266 Å². The van der Waals surface area contributed by atoms with Crippen molar-refractivity contribution in [2.24, 2.45) is 0 Å². The van der Waals surface area contributed by atoms with Crippen molar-refractivity contribution in [2.75, 3.05) is 27.4 Å². The molecule has 0 saturated carbocycles. The van der Waals surface area contributed by atoms with E-state index in [9.17, 15) is 40.9 Å². The maximum Gasteiger partial charge on any atom is 0.229 e. The molecule has 14 nitrogen and oxygen atoms in total. The zero-order valence-electron chi connectivity index (χ0n) is 25.8. The SMILES string of the molecule is COc1c2cc(c(O[C@@H]3O[C@H](CO[C@@H]4OC[C@H](O)[C@H](O)[C@H]4O)[C@@H](O)[C@H](O)[C@H]3O)c1OC)CCCC[C@@H](O)CCc1ccc(O)c-2c1. The molecule has 2 aliphatic heterocycles. The average molecular weight is 653 g/mol. The Morgan fingerprint density at radius 2 is 1.48 bits per heavy atom. The molecule has 2 fully saturated rings. The molecular weight excluding hydrogens is 608 g/mol. The zero-order valence-corrected chi connectivity index (χ0v) is 25.8. The number of aromatic hydroxyl groups is 1. The van der Waals surface area contributed by atoms with E-state index < -0.39 is 68.0 Å². The number of ether oxygens (including phenoxy) is 6. The lowest BCUT2D eigenvalue weighted by Crippen LogP contribution is -2.61. The predicted octanol–water partition coefficient (Wildman–Crippen LogP) is -0.262. The minimum atomic E-state index is -1.73. The van der Waals surface area contributed by atoms with Crippen LogP contribution >= 0.6 is 0 Å². The van der Waals surface area contributed by atoms with E-state index in [0.717, 1.165) is 5.56 Å². The summed E-state index contributed by atoms with van der Waals surface area (Å²) in [6.07, 6.45) is -10.6. The van der Waals surface area contributed by atoms with Gasteiger partial charge >= 0.3 is 0 Å². The lowest BCUT2D eigenvalue weighted by atomic mass is 9.95. The van der Waals surface area contributed by atoms with E-state index in [-0.39, 0.29) is 29.6 Å². The minimum absolute atomic E-state index is 0.0132. The monoisotopic (exact) mass is 652 g/mol. The number of benzene rings is 2. The molecule has 8 N–H and O–H groups in total. The molecular formula is C32H44O14. The third-order valence-electron chi connectivity index (χ3n) is 8.81. The van der Waals surface area contributed by atoms with Gasteiger partial charge in [-0.1, -0.05) is 12.5 Å². The first-order chi connectivity index (χ1) is 22.0. The summed E-state index contributed by atoms with van der Waals surface area (Å²) in [4.78, 5) is 0. The summed E-state index contributed by atoms with van der Waals surface area (Å²) in [6, 6.07) is 7.03. The van der Waals surface area contributed by atoms with Crippen LogP contribution in [0.4, 0.5) is 0 Å². The molecule has 14 heteroatoms. The third-order valence-corrected chi connectivity index (χ3v) is 8.81. The first kappa shape index (κ1) is 34.6. The molecule has 2 aromatic rings. The summed E-state index contributed by atoms with van der Waals surface area (Å²) in [5, 5.41) is 83.6. The van der Waals surface area contributed by atoms with Crippen molar-refractivity contribution in [3.8, 4) is 34.1 Å². The predicted molar refractivity (Wildman–Crippen MR) is 160 cm³/mol. The molecule has 10 atom stereocenters. The fourth-order valence-electron chi connectivity index (χ4n) is 6.09. The van der Waals surface area contributed by atoms with Crippen LogP contribution < -0.4 is 14.2 Å². The fraction of sp³-hybridized carbons (Fsp3) is 0.625. The molecule has 46 heavy (non-hydrogen) atoms. The number of fused-ring (bicyclic) bond motifs is 5. The van der Waals surface area contributed by atoms with Crippen molar-refractivity contribution >= 4 is 0 Å². The van der Waals surface area contributed by atoms with Gasteiger partial charge in [0.15, 0.2) is 17.8 Å². The van der Waals surface area contributed by atoms with E-state index in [0.29, 0.717) is 55.2 Å². The van der Waals surface area contributed by atoms with Crippen molar-refractivity contribution in [3.63, 3.8) is 0 Å². The van der Waals surface area contributed by atoms with E-state index in [4.69, 9.17) is 28.4 Å². The summed E-state index contributed by atoms with van der Waals surface area (Å²) in [6.45, 7) is -0.745. The van der Waals surface area contributed by atoms with Crippen LogP contribution in [0.1, 0.15) is 36.8 Å². The van der Waals surface area contributed by atoms with E-state index in [2.05, 4.69) is 0 Å². The van der Waals surface area contributed by atoms with Crippen LogP contribution in [0.3, 0.4) is 0 Å². The van der Waals surface area contributed by atoms with Crippen LogP contribution in [0.15, 0.2) is 24.3 Å². The van der Waals surface area contributed by atoms with Crippen molar-refractivity contribution in [1.82, 2.24) is 0 Å². The van der Waals surface area contributed by atoms with Crippen LogP contribution in [0, 0.1) is 0 Å². The highest BCUT2D eigenvalue weighted by Gasteiger charge is 2.47. The van der Waals surface area contributed by atoms with E-state index in [1.165, 1.54) is 14.2 Å². The smallest absolute Gasteiger partial charge is 0.229 e. The Morgan fingerprint density at radius 1 is 0.739 bits per heavy atom. The Hall–Kier alpha value is -2.76. The Kier molecular flexibility index (Phi) is 11.3. The van der Waals surface area contributed by atoms with Gasteiger partial charge in [0.25, 0.3) is 0 Å². The first-order valence-corrected chi connectivity index (χ1v) is 15.5. The summed E-state index contributed by atoms with van der Waals surface area (Å²) in [5.41, 5.74) is 2.56. The molecule has 0 amide bonds. The van der Waals surface area contributed by atoms with Crippen molar-refractivity contribution < 1.29 is 69.3 Å². The minimum Gasteiger partial charge on any atom is -0.507 e. The quantitative estimate of drug-likeness (QED) is 0.193. The molecule has 5 rings (SSSR count). The molecule has 1 aliphatic carbocycles. The van der Waals surface area contributed by atoms with Crippen molar-refractivity contribution in [3.05, 3.63) is 35.4 Å². The van der Waals surface area contributed by atoms with Crippen LogP contribution in [0.25, 0.3) is 11.1 Å². The Balaban J connectivity index is 1.47. The normalized spacial score (nSPS) is 33.7. The highest BCUT2D eigenvalue weighted by Crippen LogP contribution is 2.50. The number of methoxy groups -OCH3 is 2. The zero-order chi connectivity index (χ0) is 33.1. The number of phenols is 1. The molecule has 3 aliphatic rings. The summed E-state index contributed by atoms with van der Waals surface area (Å²) in [7, 11) is 2.85. The van der Waals surface area contributed by atoms with Gasteiger partial charge in [0, 0.05) is 11.1 Å². The van der Waals surface area contributed by atoms with E-state index >= 15 is 0 Å². The topological polar surface area (TPSA) is 217 Å². The summed E-state index contributed by atoms with van der Waals surface area (Å²) in [5.74, 6) is 0.535. The standard InChI is InChI=1S/C32H44O14/c1-41-29-19-12-16(5-3-4-6-17(33)9-7-15-8-10-20(34)18(19)11-15)28(30(29)42-2)46-32-27(40)25(38)24(37)22(45-32)14-44-31-26(39)23(36)21(35)13-43-31/h8,10-12,17,21-27,31-40H,3-7,9,13-14H2,1-2H3/t17-,21+,22-,23+,24-,25+,26-,27-,31+,32+/m1/s1. The van der Waals surface area contributed by atoms with Gasteiger partial charge in [-0.05, 0) is 61.4 Å². The van der Waals surface area contributed by atoms with E-state index in [1.54, 1.807) is 12.1 Å². The molecule has 0 unspecified atom stereocenters. The number of aryl methyl sites for hydroxylation is 2. The van der Waals surface area contributed by atoms with Crippen molar-refractivity contribution in [1.29, 1.82) is 0 Å². The highest BCUT2D eigenvalue weighted by atomic mass is 16.7. The van der Waals surface area contributed by atoms with Crippen molar-refractivity contribution in [2.45, 2.75) is 99.9 Å². The molecule has 0 radical (unpaired) electrons. The molecule has 0 spiro atoms. The van der Waals surface area contributed by atoms with Gasteiger partial charge in [-0.2, -0.15) is 0 Å².